The fraction of sp³-hybridized carbons (Fsp3) is 0.222. The van der Waals surface area contributed by atoms with Gasteiger partial charge in [0.15, 0.2) is 5.17 Å². The predicted molar refractivity (Wildman–Crippen MR) is 60.2 cm³/mol. The molecule has 0 unspecified atom stereocenters. The Bertz CT molecular complexity index is 391. The van der Waals surface area contributed by atoms with Crippen molar-refractivity contribution in [2.45, 2.75) is 12.1 Å². The summed E-state index contributed by atoms with van der Waals surface area (Å²) in [5.74, 6) is 5.14. The zero-order valence-corrected chi connectivity index (χ0v) is 9.39. The fourth-order valence-corrected chi connectivity index (χ4v) is 1.56. The lowest BCUT2D eigenvalue weighted by molar-refractivity contribution is -0.274. The summed E-state index contributed by atoms with van der Waals surface area (Å²) in [6.45, 7) is 0. The number of nitrogens with two attached hydrogens (primary N) is 2. The maximum absolute atomic E-state index is 11.9. The first-order valence-corrected chi connectivity index (χ1v) is 5.40. The predicted octanol–water partition coefficient (Wildman–Crippen LogP) is 2.01. The van der Waals surface area contributed by atoms with Gasteiger partial charge in [0.1, 0.15) is 5.75 Å². The second-order valence-corrected chi connectivity index (χ2v) is 3.94. The SMILES string of the molecule is NN=C(N)SCc1ccc(OC(F)(F)F)cc1. The number of rotatable bonds is 3. The van der Waals surface area contributed by atoms with E-state index in [1.54, 1.807) is 0 Å². The van der Waals surface area contributed by atoms with Crippen molar-refractivity contribution in [1.29, 1.82) is 0 Å². The van der Waals surface area contributed by atoms with E-state index in [9.17, 15) is 13.2 Å². The Labute approximate surface area is 99.8 Å². The van der Waals surface area contributed by atoms with Crippen molar-refractivity contribution in [3.05, 3.63) is 29.8 Å². The van der Waals surface area contributed by atoms with Gasteiger partial charge in [-0.2, -0.15) is 5.10 Å². The molecule has 0 saturated heterocycles. The van der Waals surface area contributed by atoms with Crippen LogP contribution < -0.4 is 16.3 Å². The largest absolute Gasteiger partial charge is 0.573 e. The summed E-state index contributed by atoms with van der Waals surface area (Å²) in [5.41, 5.74) is 6.14. The third-order valence-corrected chi connectivity index (χ3v) is 2.55. The number of thioether (sulfide) groups is 1. The molecule has 4 nitrogen and oxygen atoms in total. The summed E-state index contributed by atoms with van der Waals surface area (Å²) in [6.07, 6.45) is -4.67. The summed E-state index contributed by atoms with van der Waals surface area (Å²) < 4.78 is 39.3. The zero-order chi connectivity index (χ0) is 12.9. The number of hydrazone groups is 1. The van der Waals surface area contributed by atoms with E-state index in [-0.39, 0.29) is 10.9 Å². The molecule has 0 heterocycles. The number of nitrogens with zero attached hydrogens (tertiary/aromatic N) is 1. The number of amidine groups is 1. The van der Waals surface area contributed by atoms with Gasteiger partial charge in [-0.3, -0.25) is 0 Å². The molecular weight excluding hydrogens is 255 g/mol. The minimum absolute atomic E-state index is 0.209. The van der Waals surface area contributed by atoms with Gasteiger partial charge in [-0.1, -0.05) is 23.9 Å². The van der Waals surface area contributed by atoms with Gasteiger partial charge in [0.2, 0.25) is 0 Å². The minimum atomic E-state index is -4.67. The quantitative estimate of drug-likeness (QED) is 0.379. The van der Waals surface area contributed by atoms with Crippen molar-refractivity contribution in [3.63, 3.8) is 0 Å². The molecule has 0 aliphatic carbocycles. The first kappa shape index (κ1) is 13.5. The van der Waals surface area contributed by atoms with E-state index in [4.69, 9.17) is 11.6 Å². The number of alkyl halides is 3. The molecule has 0 fully saturated rings. The van der Waals surface area contributed by atoms with Crippen molar-refractivity contribution in [3.8, 4) is 5.75 Å². The Balaban J connectivity index is 2.56. The Kier molecular flexibility index (Phi) is 4.50. The van der Waals surface area contributed by atoms with Gasteiger partial charge in [-0.25, -0.2) is 0 Å². The van der Waals surface area contributed by atoms with E-state index >= 15 is 0 Å². The Morgan fingerprint density at radius 2 is 1.88 bits per heavy atom. The normalized spacial score (nSPS) is 12.5. The van der Waals surface area contributed by atoms with Gasteiger partial charge >= 0.3 is 6.36 Å². The highest BCUT2D eigenvalue weighted by Gasteiger charge is 2.30. The smallest absolute Gasteiger partial charge is 0.406 e. The van der Waals surface area contributed by atoms with Gasteiger partial charge < -0.3 is 16.3 Å². The van der Waals surface area contributed by atoms with Crippen LogP contribution in [0.5, 0.6) is 5.75 Å². The third-order valence-electron chi connectivity index (χ3n) is 1.67. The Morgan fingerprint density at radius 3 is 2.35 bits per heavy atom. The van der Waals surface area contributed by atoms with Crippen molar-refractivity contribution < 1.29 is 17.9 Å². The van der Waals surface area contributed by atoms with Crippen LogP contribution in [0.25, 0.3) is 0 Å². The van der Waals surface area contributed by atoms with E-state index in [1.807, 2.05) is 0 Å². The molecule has 0 spiro atoms. The maximum Gasteiger partial charge on any atom is 0.573 e. The topological polar surface area (TPSA) is 73.6 Å². The van der Waals surface area contributed by atoms with E-state index in [1.165, 1.54) is 36.0 Å². The van der Waals surface area contributed by atoms with Crippen molar-refractivity contribution >= 4 is 16.9 Å². The molecule has 0 bridgehead atoms. The van der Waals surface area contributed by atoms with Crippen LogP contribution in [-0.4, -0.2) is 11.5 Å². The van der Waals surface area contributed by atoms with Crippen LogP contribution in [0.4, 0.5) is 13.2 Å². The molecule has 94 valence electrons. The summed E-state index contributed by atoms with van der Waals surface area (Å²) in [5, 5.41) is 3.46. The first-order valence-electron chi connectivity index (χ1n) is 4.41. The molecule has 1 aromatic rings. The molecule has 0 atom stereocenters. The summed E-state index contributed by atoms with van der Waals surface area (Å²) in [7, 11) is 0. The minimum Gasteiger partial charge on any atom is -0.406 e. The third kappa shape index (κ3) is 5.34. The van der Waals surface area contributed by atoms with E-state index < -0.39 is 6.36 Å². The van der Waals surface area contributed by atoms with Crippen molar-refractivity contribution in [1.82, 2.24) is 0 Å². The lowest BCUT2D eigenvalue weighted by Crippen LogP contribution is -2.17. The molecule has 4 N–H and O–H groups in total. The molecule has 1 aromatic carbocycles. The molecular formula is C9H10F3N3OS. The standard InChI is InChI=1S/C9H10F3N3OS/c10-9(11,12)16-7-3-1-6(2-4-7)5-17-8(13)15-14/h1-4H,5,14H2,(H2,13,15). The number of ether oxygens (including phenoxy) is 1. The van der Waals surface area contributed by atoms with Gasteiger partial charge in [0.05, 0.1) is 0 Å². The van der Waals surface area contributed by atoms with Gasteiger partial charge in [0.25, 0.3) is 0 Å². The van der Waals surface area contributed by atoms with Gasteiger partial charge in [-0.05, 0) is 17.7 Å². The summed E-state index contributed by atoms with van der Waals surface area (Å²) in [6, 6.07) is 5.49. The van der Waals surface area contributed by atoms with E-state index in [2.05, 4.69) is 9.84 Å². The number of hydrogen-bond acceptors (Lipinski definition) is 4. The summed E-state index contributed by atoms with van der Waals surface area (Å²) >= 11 is 1.19. The zero-order valence-electron chi connectivity index (χ0n) is 8.57. The van der Waals surface area contributed by atoms with Crippen LogP contribution in [-0.2, 0) is 5.75 Å². The number of hydrogen-bond donors (Lipinski definition) is 2. The second-order valence-electron chi connectivity index (χ2n) is 2.95. The highest BCUT2D eigenvalue weighted by atomic mass is 32.2. The van der Waals surface area contributed by atoms with Crippen molar-refractivity contribution in [2.24, 2.45) is 16.7 Å². The monoisotopic (exact) mass is 265 g/mol. The molecule has 8 heteroatoms. The van der Waals surface area contributed by atoms with E-state index in [0.717, 1.165) is 5.56 Å². The van der Waals surface area contributed by atoms with Crippen molar-refractivity contribution in [2.75, 3.05) is 0 Å². The van der Waals surface area contributed by atoms with Crippen LogP contribution in [0.2, 0.25) is 0 Å². The van der Waals surface area contributed by atoms with Crippen LogP contribution in [0.3, 0.4) is 0 Å². The average molecular weight is 265 g/mol. The molecule has 17 heavy (non-hydrogen) atoms. The molecule has 0 aliphatic heterocycles. The second kappa shape index (κ2) is 5.67. The van der Waals surface area contributed by atoms with E-state index in [0.29, 0.717) is 5.75 Å². The molecule has 0 aromatic heterocycles. The molecule has 0 radical (unpaired) electrons. The molecule has 0 amide bonds. The average Bonchev–Trinajstić information content (AvgIpc) is 2.25. The Hall–Kier alpha value is -1.57. The molecule has 0 aliphatic rings. The van der Waals surface area contributed by atoms with Crippen LogP contribution in [0, 0.1) is 0 Å². The maximum atomic E-state index is 11.9. The first-order chi connectivity index (χ1) is 7.90. The molecule has 1 rings (SSSR count). The van der Waals surface area contributed by atoms with Gasteiger partial charge in [-0.15, -0.1) is 13.2 Å². The van der Waals surface area contributed by atoms with Crippen LogP contribution in [0.1, 0.15) is 5.56 Å². The highest BCUT2D eigenvalue weighted by molar-refractivity contribution is 8.13. The lowest BCUT2D eigenvalue weighted by Gasteiger charge is -2.09. The number of benzene rings is 1. The Morgan fingerprint density at radius 1 is 1.29 bits per heavy atom. The van der Waals surface area contributed by atoms with Crippen LogP contribution in [0.15, 0.2) is 29.4 Å². The fourth-order valence-electron chi connectivity index (χ4n) is 0.982. The highest BCUT2D eigenvalue weighted by Crippen LogP contribution is 2.23. The lowest BCUT2D eigenvalue weighted by atomic mass is 10.2. The van der Waals surface area contributed by atoms with Gasteiger partial charge in [0, 0.05) is 5.75 Å². The van der Waals surface area contributed by atoms with Crippen LogP contribution >= 0.6 is 11.8 Å². The summed E-state index contributed by atoms with van der Waals surface area (Å²) in [4.78, 5) is 0. The number of halogens is 3. The molecule has 0 saturated carbocycles.